The fraction of sp³-hybridized carbons (Fsp3) is 0.462. The van der Waals surface area contributed by atoms with Gasteiger partial charge in [0.2, 0.25) is 0 Å². The van der Waals surface area contributed by atoms with Gasteiger partial charge in [-0.05, 0) is 37.6 Å². The molecule has 0 unspecified atom stereocenters. The molecule has 0 amide bonds. The number of ketones is 1. The van der Waals surface area contributed by atoms with Crippen molar-refractivity contribution in [2.75, 3.05) is 24.6 Å². The van der Waals surface area contributed by atoms with E-state index >= 15 is 0 Å². The van der Waals surface area contributed by atoms with Crippen LogP contribution < -0.4 is 4.90 Å². The number of carbonyl (C=O) groups excluding carboxylic acids is 1. The molecule has 86 valence electrons. The lowest BCUT2D eigenvalue weighted by molar-refractivity contribution is 0.101. The first-order valence-electron chi connectivity index (χ1n) is 5.67. The van der Waals surface area contributed by atoms with Crippen molar-refractivity contribution in [2.45, 2.75) is 13.3 Å². The van der Waals surface area contributed by atoms with E-state index in [9.17, 15) is 4.79 Å². The van der Waals surface area contributed by atoms with Crippen LogP contribution in [0, 0.1) is 5.92 Å². The van der Waals surface area contributed by atoms with Crippen LogP contribution in [0.3, 0.4) is 0 Å². The largest absolute Gasteiger partial charge is 0.396 e. The molecule has 1 fully saturated rings. The van der Waals surface area contributed by atoms with E-state index in [-0.39, 0.29) is 12.4 Å². The van der Waals surface area contributed by atoms with E-state index in [1.54, 1.807) is 6.92 Å². The normalized spacial score (nSPS) is 20.1. The van der Waals surface area contributed by atoms with Crippen molar-refractivity contribution in [3.05, 3.63) is 29.8 Å². The Morgan fingerprint density at radius 1 is 1.44 bits per heavy atom. The molecule has 16 heavy (non-hydrogen) atoms. The number of Topliss-reactive ketones (excluding diaryl/α,β-unsaturated/α-hetero) is 1. The Morgan fingerprint density at radius 3 is 2.62 bits per heavy atom. The van der Waals surface area contributed by atoms with Crippen LogP contribution in [0.4, 0.5) is 5.69 Å². The maximum Gasteiger partial charge on any atom is 0.159 e. The van der Waals surface area contributed by atoms with Gasteiger partial charge in [0.1, 0.15) is 0 Å². The number of hydrogen-bond acceptors (Lipinski definition) is 3. The summed E-state index contributed by atoms with van der Waals surface area (Å²) in [6, 6.07) is 7.70. The van der Waals surface area contributed by atoms with Crippen molar-refractivity contribution >= 4 is 11.5 Å². The van der Waals surface area contributed by atoms with Crippen molar-refractivity contribution in [3.63, 3.8) is 0 Å². The lowest BCUT2D eigenvalue weighted by atomic mass is 10.1. The smallest absolute Gasteiger partial charge is 0.159 e. The summed E-state index contributed by atoms with van der Waals surface area (Å²) < 4.78 is 0. The third-order valence-corrected chi connectivity index (χ3v) is 3.18. The first-order valence-corrected chi connectivity index (χ1v) is 5.67. The molecule has 1 aliphatic rings. The zero-order chi connectivity index (χ0) is 11.5. The Bertz CT molecular complexity index is 372. The zero-order valence-electron chi connectivity index (χ0n) is 9.52. The fourth-order valence-corrected chi connectivity index (χ4v) is 2.12. The number of hydrogen-bond donors (Lipinski definition) is 1. The van der Waals surface area contributed by atoms with Gasteiger partial charge in [0.25, 0.3) is 0 Å². The van der Waals surface area contributed by atoms with E-state index in [4.69, 9.17) is 5.11 Å². The Kier molecular flexibility index (Phi) is 3.25. The van der Waals surface area contributed by atoms with Crippen LogP contribution in [0.15, 0.2) is 24.3 Å². The van der Waals surface area contributed by atoms with Gasteiger partial charge >= 0.3 is 0 Å². The molecule has 2 rings (SSSR count). The first kappa shape index (κ1) is 11.1. The molecule has 3 nitrogen and oxygen atoms in total. The average molecular weight is 219 g/mol. The third kappa shape index (κ3) is 2.25. The zero-order valence-corrected chi connectivity index (χ0v) is 9.52. The van der Waals surface area contributed by atoms with Gasteiger partial charge in [0, 0.05) is 36.9 Å². The van der Waals surface area contributed by atoms with Crippen molar-refractivity contribution < 1.29 is 9.90 Å². The molecule has 1 heterocycles. The highest BCUT2D eigenvalue weighted by atomic mass is 16.3. The van der Waals surface area contributed by atoms with Crippen LogP contribution in [0.5, 0.6) is 0 Å². The monoisotopic (exact) mass is 219 g/mol. The topological polar surface area (TPSA) is 40.5 Å². The number of rotatable bonds is 3. The number of anilines is 1. The molecule has 1 aromatic rings. The van der Waals surface area contributed by atoms with E-state index in [2.05, 4.69) is 4.90 Å². The summed E-state index contributed by atoms with van der Waals surface area (Å²) in [6.07, 6.45) is 1.05. The molecule has 0 saturated carbocycles. The number of nitrogens with zero attached hydrogens (tertiary/aromatic N) is 1. The molecule has 0 aliphatic carbocycles. The minimum Gasteiger partial charge on any atom is -0.396 e. The van der Waals surface area contributed by atoms with E-state index in [1.807, 2.05) is 24.3 Å². The Morgan fingerprint density at radius 2 is 2.12 bits per heavy atom. The van der Waals surface area contributed by atoms with Gasteiger partial charge in [0.15, 0.2) is 5.78 Å². The van der Waals surface area contributed by atoms with Crippen LogP contribution in [0.1, 0.15) is 23.7 Å². The summed E-state index contributed by atoms with van der Waals surface area (Å²) in [7, 11) is 0. The second-order valence-corrected chi connectivity index (χ2v) is 4.39. The summed E-state index contributed by atoms with van der Waals surface area (Å²) in [5.74, 6) is 0.494. The van der Waals surface area contributed by atoms with Gasteiger partial charge in [-0.25, -0.2) is 0 Å². The van der Waals surface area contributed by atoms with Crippen molar-refractivity contribution in [2.24, 2.45) is 5.92 Å². The number of benzene rings is 1. The Hall–Kier alpha value is -1.35. The standard InChI is InChI=1S/C13H17NO2/c1-10(16)12-2-4-13(5-3-12)14-7-6-11(8-14)9-15/h2-5,11,15H,6-9H2,1H3/t11-/m0/s1. The van der Waals surface area contributed by atoms with Crippen LogP contribution in [0.2, 0.25) is 0 Å². The molecule has 3 heteroatoms. The van der Waals surface area contributed by atoms with Gasteiger partial charge < -0.3 is 10.0 Å². The molecule has 1 aromatic carbocycles. The summed E-state index contributed by atoms with van der Waals surface area (Å²) >= 11 is 0. The predicted molar refractivity (Wildman–Crippen MR) is 63.9 cm³/mol. The van der Waals surface area contributed by atoms with Gasteiger partial charge in [-0.1, -0.05) is 0 Å². The second kappa shape index (κ2) is 4.66. The first-order chi connectivity index (χ1) is 7.70. The van der Waals surface area contributed by atoms with Crippen LogP contribution in [0.25, 0.3) is 0 Å². The molecular formula is C13H17NO2. The molecule has 1 aliphatic heterocycles. The van der Waals surface area contributed by atoms with E-state index in [0.717, 1.165) is 30.8 Å². The highest BCUT2D eigenvalue weighted by Crippen LogP contribution is 2.23. The number of carbonyl (C=O) groups is 1. The lowest BCUT2D eigenvalue weighted by Crippen LogP contribution is -2.20. The summed E-state index contributed by atoms with van der Waals surface area (Å²) in [6.45, 7) is 3.75. The van der Waals surface area contributed by atoms with E-state index in [0.29, 0.717) is 5.92 Å². The highest BCUT2D eigenvalue weighted by molar-refractivity contribution is 5.94. The highest BCUT2D eigenvalue weighted by Gasteiger charge is 2.21. The van der Waals surface area contributed by atoms with Gasteiger partial charge in [-0.2, -0.15) is 0 Å². The van der Waals surface area contributed by atoms with Gasteiger partial charge in [-0.15, -0.1) is 0 Å². The van der Waals surface area contributed by atoms with Crippen molar-refractivity contribution in [1.29, 1.82) is 0 Å². The molecule has 0 bridgehead atoms. The van der Waals surface area contributed by atoms with E-state index in [1.165, 1.54) is 0 Å². The average Bonchev–Trinajstić information content (AvgIpc) is 2.77. The summed E-state index contributed by atoms with van der Waals surface area (Å²) in [5, 5.41) is 9.08. The summed E-state index contributed by atoms with van der Waals surface area (Å²) in [5.41, 5.74) is 1.89. The molecule has 0 radical (unpaired) electrons. The molecule has 1 saturated heterocycles. The SMILES string of the molecule is CC(=O)c1ccc(N2CC[C@H](CO)C2)cc1. The van der Waals surface area contributed by atoms with Crippen LogP contribution in [-0.2, 0) is 0 Å². The van der Waals surface area contributed by atoms with Gasteiger partial charge in [-0.3, -0.25) is 4.79 Å². The van der Waals surface area contributed by atoms with Crippen molar-refractivity contribution in [1.82, 2.24) is 0 Å². The molecule has 0 aromatic heterocycles. The third-order valence-electron chi connectivity index (χ3n) is 3.18. The second-order valence-electron chi connectivity index (χ2n) is 4.39. The molecular weight excluding hydrogens is 202 g/mol. The predicted octanol–water partition coefficient (Wildman–Crippen LogP) is 1.71. The van der Waals surface area contributed by atoms with Crippen LogP contribution in [-0.4, -0.2) is 30.6 Å². The summed E-state index contributed by atoms with van der Waals surface area (Å²) in [4.78, 5) is 13.4. The number of aliphatic hydroxyl groups is 1. The molecule has 0 spiro atoms. The maximum atomic E-state index is 11.1. The van der Waals surface area contributed by atoms with Crippen molar-refractivity contribution in [3.8, 4) is 0 Å². The molecule has 1 N–H and O–H groups in total. The number of aliphatic hydroxyl groups excluding tert-OH is 1. The van der Waals surface area contributed by atoms with E-state index < -0.39 is 0 Å². The van der Waals surface area contributed by atoms with Gasteiger partial charge in [0.05, 0.1) is 0 Å². The lowest BCUT2D eigenvalue weighted by Gasteiger charge is -2.18. The quantitative estimate of drug-likeness (QED) is 0.787. The minimum atomic E-state index is 0.0983. The van der Waals surface area contributed by atoms with Crippen LogP contribution >= 0.6 is 0 Å². The Balaban J connectivity index is 2.08. The maximum absolute atomic E-state index is 11.1. The minimum absolute atomic E-state index is 0.0983. The molecule has 1 atom stereocenters. The fourth-order valence-electron chi connectivity index (χ4n) is 2.12. The Labute approximate surface area is 95.7 Å².